The molecule has 0 aliphatic heterocycles. The Labute approximate surface area is 124 Å². The Bertz CT molecular complexity index is 692. The van der Waals surface area contributed by atoms with E-state index in [1.807, 2.05) is 11.4 Å². The van der Waals surface area contributed by atoms with Crippen molar-refractivity contribution in [3.8, 4) is 0 Å². The van der Waals surface area contributed by atoms with Crippen molar-refractivity contribution in [2.45, 2.75) is 19.4 Å². The van der Waals surface area contributed by atoms with E-state index >= 15 is 0 Å². The van der Waals surface area contributed by atoms with Crippen LogP contribution in [0.3, 0.4) is 0 Å². The number of nitrogen functional groups attached to an aromatic ring is 1. The number of nitrogens with two attached hydrogens (primary N) is 1. The molecular weight excluding hydrogens is 290 g/mol. The lowest BCUT2D eigenvalue weighted by molar-refractivity contribution is 0.760. The molecule has 4 N–H and O–H groups in total. The second kappa shape index (κ2) is 5.74. The number of nitrogens with zero attached hydrogens (tertiary/aromatic N) is 2. The van der Waals surface area contributed by atoms with Gasteiger partial charge < -0.3 is 5.32 Å². The molecule has 0 bridgehead atoms. The van der Waals surface area contributed by atoms with Gasteiger partial charge in [-0.25, -0.2) is 10.8 Å². The molecule has 3 aromatic rings. The van der Waals surface area contributed by atoms with Gasteiger partial charge in [0.05, 0.1) is 11.4 Å². The Morgan fingerprint density at radius 2 is 2.15 bits per heavy atom. The third-order valence-corrected chi connectivity index (χ3v) is 4.85. The van der Waals surface area contributed by atoms with Gasteiger partial charge in [0.25, 0.3) is 0 Å². The molecule has 3 aromatic heterocycles. The molecule has 0 fully saturated rings. The van der Waals surface area contributed by atoms with Crippen LogP contribution in [0.15, 0.2) is 29.0 Å². The van der Waals surface area contributed by atoms with Crippen LogP contribution in [0.1, 0.15) is 24.3 Å². The zero-order valence-corrected chi connectivity index (χ0v) is 12.6. The summed E-state index contributed by atoms with van der Waals surface area (Å²) in [6.07, 6.45) is 0.988. The number of hydrazine groups is 1. The zero-order valence-electron chi connectivity index (χ0n) is 11.0. The molecule has 1 unspecified atom stereocenters. The first-order chi connectivity index (χ1) is 9.81. The minimum absolute atomic E-state index is 0.249. The Morgan fingerprint density at radius 1 is 1.25 bits per heavy atom. The highest BCUT2D eigenvalue weighted by Crippen LogP contribution is 2.31. The van der Waals surface area contributed by atoms with Gasteiger partial charge in [-0.2, -0.15) is 4.98 Å². The molecule has 0 saturated carbocycles. The van der Waals surface area contributed by atoms with E-state index in [9.17, 15) is 0 Å². The maximum Gasteiger partial charge on any atom is 0.240 e. The third kappa shape index (κ3) is 2.47. The SMILES string of the molecule is CCC(Nc1nc(NN)nc2sccc12)c1cccs1. The Morgan fingerprint density at radius 3 is 2.85 bits per heavy atom. The molecule has 0 aromatic carbocycles. The molecule has 0 spiro atoms. The van der Waals surface area contributed by atoms with E-state index in [0.29, 0.717) is 5.95 Å². The predicted molar refractivity (Wildman–Crippen MR) is 86.2 cm³/mol. The molecule has 0 aliphatic carbocycles. The van der Waals surface area contributed by atoms with E-state index in [-0.39, 0.29) is 6.04 Å². The van der Waals surface area contributed by atoms with Gasteiger partial charge in [0.1, 0.15) is 10.6 Å². The normalized spacial score (nSPS) is 12.5. The standard InChI is InChI=1S/C13H15N5S2/c1-2-9(10-4-3-6-19-10)15-11-8-5-7-20-12(8)17-13(16-11)18-14/h3-7,9H,2,14H2,1H3,(H2,15,16,17,18). The Hall–Kier alpha value is -1.70. The lowest BCUT2D eigenvalue weighted by atomic mass is 10.2. The predicted octanol–water partition coefficient (Wildman–Crippen LogP) is 3.60. The van der Waals surface area contributed by atoms with Gasteiger partial charge in [0.15, 0.2) is 0 Å². The van der Waals surface area contributed by atoms with Crippen molar-refractivity contribution in [1.82, 2.24) is 9.97 Å². The second-order valence-corrected chi connectivity index (χ2v) is 6.17. The number of fused-ring (bicyclic) bond motifs is 1. The minimum atomic E-state index is 0.249. The lowest BCUT2D eigenvalue weighted by Crippen LogP contribution is -2.14. The molecule has 20 heavy (non-hydrogen) atoms. The van der Waals surface area contributed by atoms with Crippen molar-refractivity contribution >= 4 is 44.7 Å². The fourth-order valence-corrected chi connectivity index (χ4v) is 3.68. The third-order valence-electron chi connectivity index (χ3n) is 3.06. The topological polar surface area (TPSA) is 75.9 Å². The van der Waals surface area contributed by atoms with Crippen LogP contribution < -0.4 is 16.6 Å². The molecule has 3 heterocycles. The summed E-state index contributed by atoms with van der Waals surface area (Å²) in [6.45, 7) is 2.16. The quantitative estimate of drug-likeness (QED) is 0.496. The molecule has 0 saturated heterocycles. The molecule has 104 valence electrons. The van der Waals surface area contributed by atoms with Crippen LogP contribution >= 0.6 is 22.7 Å². The van der Waals surface area contributed by atoms with Crippen LogP contribution in [0.25, 0.3) is 10.2 Å². The molecule has 0 amide bonds. The van der Waals surface area contributed by atoms with Gasteiger partial charge in [-0.1, -0.05) is 13.0 Å². The van der Waals surface area contributed by atoms with Crippen LogP contribution in [-0.4, -0.2) is 9.97 Å². The summed E-state index contributed by atoms with van der Waals surface area (Å²) in [6, 6.07) is 6.49. The summed E-state index contributed by atoms with van der Waals surface area (Å²) in [5.41, 5.74) is 2.52. The first-order valence-corrected chi connectivity index (χ1v) is 8.09. The van der Waals surface area contributed by atoms with E-state index in [2.05, 4.69) is 45.1 Å². The summed E-state index contributed by atoms with van der Waals surface area (Å²) in [5.74, 6) is 6.70. The van der Waals surface area contributed by atoms with Crippen molar-refractivity contribution in [2.24, 2.45) is 5.84 Å². The van der Waals surface area contributed by atoms with E-state index in [1.165, 1.54) is 4.88 Å². The molecule has 1 atom stereocenters. The van der Waals surface area contributed by atoms with Crippen molar-refractivity contribution < 1.29 is 0 Å². The van der Waals surface area contributed by atoms with Crippen LogP contribution in [0.4, 0.5) is 11.8 Å². The number of hydrogen-bond donors (Lipinski definition) is 3. The van der Waals surface area contributed by atoms with Crippen molar-refractivity contribution in [3.63, 3.8) is 0 Å². The largest absolute Gasteiger partial charge is 0.362 e. The van der Waals surface area contributed by atoms with Crippen LogP contribution in [0, 0.1) is 0 Å². The Balaban J connectivity index is 1.98. The maximum atomic E-state index is 5.44. The summed E-state index contributed by atoms with van der Waals surface area (Å²) in [5, 5.41) is 8.64. The number of rotatable bonds is 5. The van der Waals surface area contributed by atoms with Crippen LogP contribution in [-0.2, 0) is 0 Å². The summed E-state index contributed by atoms with van der Waals surface area (Å²) in [4.78, 5) is 11.0. The van der Waals surface area contributed by atoms with Crippen molar-refractivity contribution in [2.75, 3.05) is 10.7 Å². The zero-order chi connectivity index (χ0) is 13.9. The summed E-state index contributed by atoms with van der Waals surface area (Å²) < 4.78 is 0. The highest BCUT2D eigenvalue weighted by Gasteiger charge is 2.14. The van der Waals surface area contributed by atoms with Gasteiger partial charge in [-0.05, 0) is 29.3 Å². The lowest BCUT2D eigenvalue weighted by Gasteiger charge is -2.17. The number of hydrogen-bond acceptors (Lipinski definition) is 7. The average molecular weight is 305 g/mol. The fourth-order valence-electron chi connectivity index (χ4n) is 2.06. The van der Waals surface area contributed by atoms with Gasteiger partial charge in [-0.15, -0.1) is 22.7 Å². The van der Waals surface area contributed by atoms with Gasteiger partial charge >= 0.3 is 0 Å². The smallest absolute Gasteiger partial charge is 0.240 e. The maximum absolute atomic E-state index is 5.44. The molecular formula is C13H15N5S2. The first kappa shape index (κ1) is 13.3. The highest BCUT2D eigenvalue weighted by atomic mass is 32.1. The van der Waals surface area contributed by atoms with Gasteiger partial charge in [0, 0.05) is 4.88 Å². The monoisotopic (exact) mass is 305 g/mol. The van der Waals surface area contributed by atoms with Crippen LogP contribution in [0.2, 0.25) is 0 Å². The van der Waals surface area contributed by atoms with E-state index in [4.69, 9.17) is 5.84 Å². The molecule has 0 aliphatic rings. The minimum Gasteiger partial charge on any atom is -0.362 e. The number of nitrogens with one attached hydrogen (secondary N) is 2. The average Bonchev–Trinajstić information content (AvgIpc) is 3.14. The highest BCUT2D eigenvalue weighted by molar-refractivity contribution is 7.16. The number of thiophene rings is 2. The summed E-state index contributed by atoms with van der Waals surface area (Å²) in [7, 11) is 0. The van der Waals surface area contributed by atoms with Crippen molar-refractivity contribution in [1.29, 1.82) is 0 Å². The molecule has 0 radical (unpaired) electrons. The molecule has 5 nitrogen and oxygen atoms in total. The van der Waals surface area contributed by atoms with E-state index in [1.54, 1.807) is 22.7 Å². The van der Waals surface area contributed by atoms with Crippen molar-refractivity contribution in [3.05, 3.63) is 33.8 Å². The number of aromatic nitrogens is 2. The van der Waals surface area contributed by atoms with Crippen LogP contribution in [0.5, 0.6) is 0 Å². The van der Waals surface area contributed by atoms with E-state index in [0.717, 1.165) is 22.5 Å². The van der Waals surface area contributed by atoms with E-state index < -0.39 is 0 Å². The second-order valence-electron chi connectivity index (χ2n) is 4.30. The van der Waals surface area contributed by atoms with Gasteiger partial charge in [0.2, 0.25) is 5.95 Å². The molecule has 3 rings (SSSR count). The fraction of sp³-hybridized carbons (Fsp3) is 0.231. The molecule has 7 heteroatoms. The van der Waals surface area contributed by atoms with Gasteiger partial charge in [-0.3, -0.25) is 5.43 Å². The Kier molecular flexibility index (Phi) is 3.81. The number of anilines is 2. The first-order valence-electron chi connectivity index (χ1n) is 6.33. The summed E-state index contributed by atoms with van der Waals surface area (Å²) >= 11 is 3.33.